The number of carbonyl (C=O) groups excluding carboxylic acids is 1. The third-order valence-electron chi connectivity index (χ3n) is 2.23. The van der Waals surface area contributed by atoms with E-state index in [1.165, 1.54) is 25.7 Å². The van der Waals surface area contributed by atoms with Crippen LogP contribution in [0, 0.1) is 0 Å². The summed E-state index contributed by atoms with van der Waals surface area (Å²) >= 11 is 1.62. The van der Waals surface area contributed by atoms with Crippen molar-refractivity contribution in [3.63, 3.8) is 0 Å². The number of likely N-dealkylation sites (tertiary alicyclic amines) is 1. The molecule has 0 aromatic rings. The molecular weight excluding hydrogens is 170 g/mol. The first-order valence-electron chi connectivity index (χ1n) is 4.61. The fourth-order valence-electron chi connectivity index (χ4n) is 1.53. The van der Waals surface area contributed by atoms with Crippen LogP contribution in [0.2, 0.25) is 0 Å². The molecule has 0 aliphatic carbocycles. The van der Waals surface area contributed by atoms with Crippen LogP contribution in [0.25, 0.3) is 0 Å². The van der Waals surface area contributed by atoms with Crippen LogP contribution >= 0.6 is 11.8 Å². The highest BCUT2D eigenvalue weighted by molar-refractivity contribution is 7.99. The number of amides is 1. The van der Waals surface area contributed by atoms with Gasteiger partial charge in [0.25, 0.3) is 0 Å². The lowest BCUT2D eigenvalue weighted by molar-refractivity contribution is -0.128. The molecule has 1 amide bonds. The summed E-state index contributed by atoms with van der Waals surface area (Å²) in [5.41, 5.74) is 0. The lowest BCUT2D eigenvalue weighted by atomic mass is 10.2. The average Bonchev–Trinajstić information content (AvgIpc) is 2.32. The largest absolute Gasteiger partial charge is 0.342 e. The second-order valence-corrected chi connectivity index (χ2v) is 4.09. The van der Waals surface area contributed by atoms with Crippen molar-refractivity contribution in [2.45, 2.75) is 25.7 Å². The first kappa shape index (κ1) is 9.90. The Morgan fingerprint density at radius 3 is 2.33 bits per heavy atom. The molecule has 3 heteroatoms. The minimum absolute atomic E-state index is 0.324. The van der Waals surface area contributed by atoms with Gasteiger partial charge in [0, 0.05) is 13.1 Å². The molecule has 1 rings (SSSR count). The summed E-state index contributed by atoms with van der Waals surface area (Å²) in [5.74, 6) is 0.976. The number of nitrogens with zero attached hydrogens (tertiary/aromatic N) is 1. The molecule has 0 N–H and O–H groups in total. The van der Waals surface area contributed by atoms with Crippen molar-refractivity contribution >= 4 is 17.7 Å². The van der Waals surface area contributed by atoms with Gasteiger partial charge < -0.3 is 4.90 Å². The van der Waals surface area contributed by atoms with Crippen molar-refractivity contribution in [2.24, 2.45) is 0 Å². The summed E-state index contributed by atoms with van der Waals surface area (Å²) in [6, 6.07) is 0. The molecule has 1 saturated heterocycles. The molecule has 0 aromatic carbocycles. The van der Waals surface area contributed by atoms with E-state index in [-0.39, 0.29) is 0 Å². The molecule has 0 aromatic heterocycles. The van der Waals surface area contributed by atoms with Crippen LogP contribution in [0.1, 0.15) is 25.7 Å². The minimum Gasteiger partial charge on any atom is -0.342 e. The van der Waals surface area contributed by atoms with Gasteiger partial charge in [-0.3, -0.25) is 4.79 Å². The number of hydrogen-bond donors (Lipinski definition) is 0. The standard InChI is InChI=1S/C9H17NOS/c1-12-8-9(11)10-6-4-2-3-5-7-10/h2-8H2,1H3. The van der Waals surface area contributed by atoms with Crippen molar-refractivity contribution < 1.29 is 4.79 Å². The van der Waals surface area contributed by atoms with Crippen LogP contribution < -0.4 is 0 Å². The van der Waals surface area contributed by atoms with Gasteiger partial charge in [-0.05, 0) is 19.1 Å². The molecule has 2 nitrogen and oxygen atoms in total. The van der Waals surface area contributed by atoms with Crippen molar-refractivity contribution in [1.29, 1.82) is 0 Å². The van der Waals surface area contributed by atoms with Crippen LogP contribution in [0.5, 0.6) is 0 Å². The summed E-state index contributed by atoms with van der Waals surface area (Å²) in [7, 11) is 0. The Kier molecular flexibility index (Phi) is 4.51. The van der Waals surface area contributed by atoms with Gasteiger partial charge in [-0.25, -0.2) is 0 Å². The third-order valence-corrected chi connectivity index (χ3v) is 2.76. The fourth-order valence-corrected chi connectivity index (χ4v) is 1.96. The van der Waals surface area contributed by atoms with E-state index >= 15 is 0 Å². The number of rotatable bonds is 2. The summed E-state index contributed by atoms with van der Waals surface area (Å²) in [6.45, 7) is 1.97. The van der Waals surface area contributed by atoms with E-state index in [1.807, 2.05) is 11.2 Å². The van der Waals surface area contributed by atoms with E-state index in [1.54, 1.807) is 11.8 Å². The van der Waals surface area contributed by atoms with Gasteiger partial charge in [0.2, 0.25) is 5.91 Å². The van der Waals surface area contributed by atoms with E-state index in [4.69, 9.17) is 0 Å². The molecule has 0 radical (unpaired) electrons. The molecule has 0 saturated carbocycles. The molecule has 0 spiro atoms. The second-order valence-electron chi connectivity index (χ2n) is 3.23. The van der Waals surface area contributed by atoms with E-state index in [2.05, 4.69) is 0 Å². The summed E-state index contributed by atoms with van der Waals surface area (Å²) in [4.78, 5) is 13.5. The Morgan fingerprint density at radius 2 is 1.83 bits per heavy atom. The predicted molar refractivity (Wildman–Crippen MR) is 53.4 cm³/mol. The third kappa shape index (κ3) is 3.05. The minimum atomic E-state index is 0.324. The van der Waals surface area contributed by atoms with E-state index < -0.39 is 0 Å². The van der Waals surface area contributed by atoms with Gasteiger partial charge in [-0.2, -0.15) is 11.8 Å². The maximum atomic E-state index is 11.5. The number of hydrogen-bond acceptors (Lipinski definition) is 2. The van der Waals surface area contributed by atoms with Crippen molar-refractivity contribution in [3.05, 3.63) is 0 Å². The highest BCUT2D eigenvalue weighted by Crippen LogP contribution is 2.10. The van der Waals surface area contributed by atoms with Crippen LogP contribution in [0.15, 0.2) is 0 Å². The molecule has 1 fully saturated rings. The molecule has 1 heterocycles. The molecule has 12 heavy (non-hydrogen) atoms. The quantitative estimate of drug-likeness (QED) is 0.656. The van der Waals surface area contributed by atoms with Crippen molar-refractivity contribution in [3.8, 4) is 0 Å². The monoisotopic (exact) mass is 187 g/mol. The Hall–Kier alpha value is -0.180. The van der Waals surface area contributed by atoms with Gasteiger partial charge in [0.1, 0.15) is 0 Å². The van der Waals surface area contributed by atoms with E-state index in [0.717, 1.165) is 13.1 Å². The lowest BCUT2D eigenvalue weighted by Gasteiger charge is -2.19. The van der Waals surface area contributed by atoms with Crippen molar-refractivity contribution in [2.75, 3.05) is 25.1 Å². The highest BCUT2D eigenvalue weighted by atomic mass is 32.2. The van der Waals surface area contributed by atoms with E-state index in [9.17, 15) is 4.79 Å². The zero-order valence-corrected chi connectivity index (χ0v) is 8.53. The smallest absolute Gasteiger partial charge is 0.232 e. The molecule has 0 bridgehead atoms. The molecule has 0 atom stereocenters. The van der Waals surface area contributed by atoms with Crippen LogP contribution in [0.4, 0.5) is 0 Å². The van der Waals surface area contributed by atoms with Crippen LogP contribution in [-0.4, -0.2) is 35.9 Å². The van der Waals surface area contributed by atoms with E-state index in [0.29, 0.717) is 11.7 Å². The summed E-state index contributed by atoms with van der Waals surface area (Å²) in [6.07, 6.45) is 6.96. The summed E-state index contributed by atoms with van der Waals surface area (Å²) in [5, 5.41) is 0. The summed E-state index contributed by atoms with van der Waals surface area (Å²) < 4.78 is 0. The van der Waals surface area contributed by atoms with Gasteiger partial charge >= 0.3 is 0 Å². The first-order valence-corrected chi connectivity index (χ1v) is 6.00. The van der Waals surface area contributed by atoms with Crippen LogP contribution in [0.3, 0.4) is 0 Å². The van der Waals surface area contributed by atoms with Crippen LogP contribution in [-0.2, 0) is 4.79 Å². The maximum Gasteiger partial charge on any atom is 0.232 e. The molecule has 1 aliphatic rings. The van der Waals surface area contributed by atoms with Gasteiger partial charge in [-0.15, -0.1) is 0 Å². The van der Waals surface area contributed by atoms with Crippen molar-refractivity contribution in [1.82, 2.24) is 4.90 Å². The Bertz CT molecular complexity index is 141. The molecule has 0 unspecified atom stereocenters. The Labute approximate surface area is 78.7 Å². The predicted octanol–water partition coefficient (Wildman–Crippen LogP) is 1.75. The highest BCUT2D eigenvalue weighted by Gasteiger charge is 2.13. The fraction of sp³-hybridized carbons (Fsp3) is 0.889. The van der Waals surface area contributed by atoms with Gasteiger partial charge in [-0.1, -0.05) is 12.8 Å². The number of thioether (sulfide) groups is 1. The second kappa shape index (κ2) is 5.46. The topological polar surface area (TPSA) is 20.3 Å². The molecule has 70 valence electrons. The Morgan fingerprint density at radius 1 is 1.25 bits per heavy atom. The lowest BCUT2D eigenvalue weighted by Crippen LogP contribution is -2.33. The first-order chi connectivity index (χ1) is 5.84. The van der Waals surface area contributed by atoms with Gasteiger partial charge in [0.05, 0.1) is 5.75 Å². The molecular formula is C9H17NOS. The zero-order valence-electron chi connectivity index (χ0n) is 7.71. The average molecular weight is 187 g/mol. The zero-order chi connectivity index (χ0) is 8.81. The molecule has 1 aliphatic heterocycles. The SMILES string of the molecule is CSCC(=O)N1CCCCCC1. The Balaban J connectivity index is 2.32. The number of carbonyl (C=O) groups is 1. The normalized spacial score (nSPS) is 18.9. The maximum absolute atomic E-state index is 11.5. The van der Waals surface area contributed by atoms with Gasteiger partial charge in [0.15, 0.2) is 0 Å².